The highest BCUT2D eigenvalue weighted by atomic mass is 32.2. The number of nitrogens with zero attached hydrogens (tertiary/aromatic N) is 1. The number of carbonyl (C=O) groups excluding carboxylic acids is 1. The van der Waals surface area contributed by atoms with Gasteiger partial charge in [0.15, 0.2) is 9.84 Å². The molecule has 1 aliphatic rings. The molecule has 1 rings (SSSR count). The Morgan fingerprint density at radius 1 is 1.22 bits per heavy atom. The van der Waals surface area contributed by atoms with E-state index in [1.807, 2.05) is 0 Å². The number of rotatable bonds is 2. The van der Waals surface area contributed by atoms with Gasteiger partial charge in [0, 0.05) is 13.1 Å². The van der Waals surface area contributed by atoms with Crippen molar-refractivity contribution in [1.82, 2.24) is 4.90 Å². The fourth-order valence-corrected chi connectivity index (χ4v) is 3.36. The van der Waals surface area contributed by atoms with Crippen LogP contribution in [0.15, 0.2) is 0 Å². The molecule has 4 nitrogen and oxygen atoms in total. The maximum absolute atomic E-state index is 12.8. The van der Waals surface area contributed by atoms with Crippen molar-refractivity contribution in [1.29, 1.82) is 0 Å². The van der Waals surface area contributed by atoms with Crippen molar-refractivity contribution in [2.75, 3.05) is 18.6 Å². The standard InChI is InChI=1S/C8H10F5NO3S/c1-14(5-2-3-18(16,17)4-5)6(15)7(9,10)8(11,12)13/h5H,2-4H2,1H3. The molecule has 1 unspecified atom stereocenters. The van der Waals surface area contributed by atoms with Gasteiger partial charge in [-0.05, 0) is 6.42 Å². The van der Waals surface area contributed by atoms with Gasteiger partial charge in [0.25, 0.3) is 0 Å². The van der Waals surface area contributed by atoms with Gasteiger partial charge < -0.3 is 4.90 Å². The maximum atomic E-state index is 12.8. The Morgan fingerprint density at radius 3 is 2.06 bits per heavy atom. The summed E-state index contributed by atoms with van der Waals surface area (Å²) in [5, 5.41) is 0. The molecule has 0 aliphatic carbocycles. The second kappa shape index (κ2) is 4.32. The molecule has 1 atom stereocenters. The largest absolute Gasteiger partial charge is 0.463 e. The third-order valence-corrected chi connectivity index (χ3v) is 4.45. The summed E-state index contributed by atoms with van der Waals surface area (Å²) in [6.07, 6.45) is -6.13. The van der Waals surface area contributed by atoms with Crippen LogP contribution in [-0.4, -0.2) is 55.9 Å². The van der Waals surface area contributed by atoms with Crippen LogP contribution in [0.1, 0.15) is 6.42 Å². The van der Waals surface area contributed by atoms with Crippen LogP contribution in [0.4, 0.5) is 22.0 Å². The molecule has 0 saturated carbocycles. The molecular formula is C8H10F5NO3S. The van der Waals surface area contributed by atoms with Crippen LogP contribution in [0.25, 0.3) is 0 Å². The minimum absolute atomic E-state index is 0.140. The van der Waals surface area contributed by atoms with Crippen LogP contribution in [0.2, 0.25) is 0 Å². The summed E-state index contributed by atoms with van der Waals surface area (Å²) in [6.45, 7) is 0. The Bertz CT molecular complexity index is 444. The van der Waals surface area contributed by atoms with Crippen LogP contribution in [0.3, 0.4) is 0 Å². The highest BCUT2D eigenvalue weighted by Crippen LogP contribution is 2.37. The second-order valence-corrected chi connectivity index (χ2v) is 6.27. The van der Waals surface area contributed by atoms with E-state index in [9.17, 15) is 35.2 Å². The molecular weight excluding hydrogens is 285 g/mol. The first-order chi connectivity index (χ1) is 7.88. The van der Waals surface area contributed by atoms with Gasteiger partial charge in [-0.25, -0.2) is 8.42 Å². The number of alkyl halides is 5. The van der Waals surface area contributed by atoms with Crippen LogP contribution < -0.4 is 0 Å². The van der Waals surface area contributed by atoms with Gasteiger partial charge in [-0.3, -0.25) is 4.79 Å². The number of carbonyl (C=O) groups is 1. The smallest absolute Gasteiger partial charge is 0.336 e. The Kier molecular flexibility index (Phi) is 3.63. The molecule has 0 N–H and O–H groups in total. The van der Waals surface area contributed by atoms with E-state index in [-0.39, 0.29) is 17.1 Å². The van der Waals surface area contributed by atoms with E-state index in [4.69, 9.17) is 0 Å². The summed E-state index contributed by atoms with van der Waals surface area (Å²) >= 11 is 0. The Morgan fingerprint density at radius 2 is 1.72 bits per heavy atom. The second-order valence-electron chi connectivity index (χ2n) is 4.05. The molecule has 0 aromatic rings. The van der Waals surface area contributed by atoms with Crippen molar-refractivity contribution in [3.05, 3.63) is 0 Å². The number of hydrogen-bond donors (Lipinski definition) is 0. The Balaban J connectivity index is 2.86. The fraction of sp³-hybridized carbons (Fsp3) is 0.875. The van der Waals surface area contributed by atoms with Gasteiger partial charge in [-0.1, -0.05) is 0 Å². The number of sulfone groups is 1. The monoisotopic (exact) mass is 295 g/mol. The summed E-state index contributed by atoms with van der Waals surface area (Å²) < 4.78 is 83.5. The van der Waals surface area contributed by atoms with E-state index < -0.39 is 39.6 Å². The quantitative estimate of drug-likeness (QED) is 0.709. The molecule has 0 bridgehead atoms. The first kappa shape index (κ1) is 15.1. The first-order valence-electron chi connectivity index (χ1n) is 4.81. The number of hydrogen-bond acceptors (Lipinski definition) is 3. The minimum atomic E-state index is -5.99. The fourth-order valence-electron chi connectivity index (χ4n) is 1.59. The Labute approximate surface area is 99.7 Å². The van der Waals surface area contributed by atoms with Crippen molar-refractivity contribution < 1.29 is 35.2 Å². The minimum Gasteiger partial charge on any atom is -0.336 e. The highest BCUT2D eigenvalue weighted by Gasteiger charge is 2.64. The predicted octanol–water partition coefficient (Wildman–Crippen LogP) is 0.830. The zero-order valence-corrected chi connectivity index (χ0v) is 9.99. The van der Waals surface area contributed by atoms with Crippen molar-refractivity contribution in [3.8, 4) is 0 Å². The normalized spacial score (nSPS) is 24.0. The lowest BCUT2D eigenvalue weighted by molar-refractivity contribution is -0.274. The molecule has 106 valence electrons. The van der Waals surface area contributed by atoms with Crippen molar-refractivity contribution in [2.45, 2.75) is 24.6 Å². The third-order valence-electron chi connectivity index (χ3n) is 2.70. The molecule has 0 spiro atoms. The van der Waals surface area contributed by atoms with E-state index in [0.29, 0.717) is 0 Å². The van der Waals surface area contributed by atoms with E-state index in [1.165, 1.54) is 0 Å². The molecule has 1 fully saturated rings. The van der Waals surface area contributed by atoms with E-state index >= 15 is 0 Å². The van der Waals surface area contributed by atoms with Gasteiger partial charge in [-0.2, -0.15) is 22.0 Å². The van der Waals surface area contributed by atoms with Gasteiger partial charge in [-0.15, -0.1) is 0 Å². The van der Waals surface area contributed by atoms with Gasteiger partial charge >= 0.3 is 18.0 Å². The summed E-state index contributed by atoms with van der Waals surface area (Å²) in [5.41, 5.74) is 0. The molecule has 0 radical (unpaired) electrons. The molecule has 0 aromatic carbocycles. The van der Waals surface area contributed by atoms with Crippen molar-refractivity contribution in [2.24, 2.45) is 0 Å². The van der Waals surface area contributed by atoms with E-state index in [1.54, 1.807) is 0 Å². The average Bonchev–Trinajstić information content (AvgIpc) is 2.54. The lowest BCUT2D eigenvalue weighted by Crippen LogP contribution is -2.53. The zero-order valence-electron chi connectivity index (χ0n) is 9.17. The molecule has 1 saturated heterocycles. The summed E-state index contributed by atoms with van der Waals surface area (Å²) in [7, 11) is -2.73. The predicted molar refractivity (Wildman–Crippen MR) is 50.8 cm³/mol. The van der Waals surface area contributed by atoms with Gasteiger partial charge in [0.1, 0.15) is 0 Å². The third kappa shape index (κ3) is 2.73. The van der Waals surface area contributed by atoms with Crippen LogP contribution in [0.5, 0.6) is 0 Å². The molecule has 1 amide bonds. The average molecular weight is 295 g/mol. The molecule has 1 aliphatic heterocycles. The van der Waals surface area contributed by atoms with Gasteiger partial charge in [0.2, 0.25) is 0 Å². The highest BCUT2D eigenvalue weighted by molar-refractivity contribution is 7.91. The van der Waals surface area contributed by atoms with Crippen LogP contribution in [-0.2, 0) is 14.6 Å². The maximum Gasteiger partial charge on any atom is 0.463 e. The lowest BCUT2D eigenvalue weighted by atomic mass is 10.2. The summed E-state index contributed by atoms with van der Waals surface area (Å²) in [4.78, 5) is 11.2. The van der Waals surface area contributed by atoms with Gasteiger partial charge in [0.05, 0.1) is 11.5 Å². The number of halogens is 5. The summed E-state index contributed by atoms with van der Waals surface area (Å²) in [5.74, 6) is -8.86. The molecule has 18 heavy (non-hydrogen) atoms. The molecule has 0 aromatic heterocycles. The lowest BCUT2D eigenvalue weighted by Gasteiger charge is -2.28. The Hall–Kier alpha value is -0.930. The van der Waals surface area contributed by atoms with Crippen molar-refractivity contribution in [3.63, 3.8) is 0 Å². The zero-order chi connectivity index (χ0) is 14.4. The van der Waals surface area contributed by atoms with Crippen LogP contribution in [0, 0.1) is 0 Å². The molecule has 10 heteroatoms. The topological polar surface area (TPSA) is 54.5 Å². The first-order valence-corrected chi connectivity index (χ1v) is 6.63. The van der Waals surface area contributed by atoms with E-state index in [2.05, 4.69) is 0 Å². The van der Waals surface area contributed by atoms with Crippen LogP contribution >= 0.6 is 0 Å². The number of amides is 1. The summed E-state index contributed by atoms with van der Waals surface area (Å²) in [6, 6.07) is -1.14. The SMILES string of the molecule is CN(C(=O)C(F)(F)C(F)(F)F)C1CCS(=O)(=O)C1. The van der Waals surface area contributed by atoms with E-state index in [0.717, 1.165) is 7.05 Å². The van der Waals surface area contributed by atoms with Crippen molar-refractivity contribution >= 4 is 15.7 Å². The molecule has 1 heterocycles.